The number of nitrogens with one attached hydrogen (secondary N) is 1. The van der Waals surface area contributed by atoms with Crippen molar-refractivity contribution in [1.82, 2.24) is 20.1 Å². The lowest BCUT2D eigenvalue weighted by atomic mass is 9.92. The number of aromatic nitrogens is 3. The maximum absolute atomic E-state index is 10.0. The van der Waals surface area contributed by atoms with Crippen molar-refractivity contribution in [1.29, 1.82) is 0 Å². The Balaban J connectivity index is 1.57. The van der Waals surface area contributed by atoms with Gasteiger partial charge in [-0.05, 0) is 43.9 Å². The first-order valence-corrected chi connectivity index (χ1v) is 9.41. The van der Waals surface area contributed by atoms with Crippen LogP contribution in [0.3, 0.4) is 0 Å². The number of rotatable bonds is 6. The molecule has 4 rings (SSSR count). The number of ether oxygens (including phenoxy) is 1. The van der Waals surface area contributed by atoms with Gasteiger partial charge in [0.1, 0.15) is 12.0 Å². The first kappa shape index (κ1) is 16.7. The van der Waals surface area contributed by atoms with Gasteiger partial charge in [-0.1, -0.05) is 13.3 Å². The van der Waals surface area contributed by atoms with Gasteiger partial charge in [-0.2, -0.15) is 0 Å². The summed E-state index contributed by atoms with van der Waals surface area (Å²) in [6, 6.07) is 0.163. The number of aliphatic hydroxyl groups is 1. The van der Waals surface area contributed by atoms with Crippen LogP contribution in [0.2, 0.25) is 0 Å². The van der Waals surface area contributed by atoms with Crippen LogP contribution in [-0.4, -0.2) is 45.1 Å². The van der Waals surface area contributed by atoms with Gasteiger partial charge in [0.25, 0.3) is 0 Å². The van der Waals surface area contributed by atoms with Crippen LogP contribution in [0, 0.1) is 11.8 Å². The van der Waals surface area contributed by atoms with Crippen LogP contribution in [0.4, 0.5) is 0 Å². The van der Waals surface area contributed by atoms with Gasteiger partial charge in [0.05, 0.1) is 12.3 Å². The minimum Gasteiger partial charge on any atom is -0.368 e. The van der Waals surface area contributed by atoms with Crippen molar-refractivity contribution in [3.05, 3.63) is 23.9 Å². The van der Waals surface area contributed by atoms with Crippen molar-refractivity contribution in [2.45, 2.75) is 63.9 Å². The standard InChI is InChI=1S/C18H27N5O2/c1-3-12-7-11(9-16(24)25-4-2)8-13(12)18-22-21-15-10-20-17-14(23(15)18)5-6-19-17/h5-6,10-14,16-17,19,24H,3-4,7-9H2,1-2H3/t11-,12+,13?,14?,16+,17?/m0/s1. The summed E-state index contributed by atoms with van der Waals surface area (Å²) in [7, 11) is 0. The first-order valence-electron chi connectivity index (χ1n) is 9.41. The molecule has 2 aliphatic heterocycles. The second kappa shape index (κ2) is 6.88. The van der Waals surface area contributed by atoms with E-state index in [0.717, 1.165) is 30.9 Å². The van der Waals surface area contributed by atoms with E-state index >= 15 is 0 Å². The molecule has 3 unspecified atom stereocenters. The Labute approximate surface area is 148 Å². The molecule has 0 saturated heterocycles. The van der Waals surface area contributed by atoms with Crippen molar-refractivity contribution >= 4 is 6.21 Å². The zero-order valence-corrected chi connectivity index (χ0v) is 14.9. The van der Waals surface area contributed by atoms with Crippen molar-refractivity contribution < 1.29 is 9.84 Å². The topological polar surface area (TPSA) is 84.6 Å². The molecule has 1 aromatic rings. The second-order valence-corrected chi connectivity index (χ2v) is 7.28. The minimum atomic E-state index is -0.656. The fourth-order valence-electron chi connectivity index (χ4n) is 4.67. The molecule has 1 aromatic heterocycles. The predicted molar refractivity (Wildman–Crippen MR) is 94.2 cm³/mol. The lowest BCUT2D eigenvalue weighted by Gasteiger charge is -2.26. The van der Waals surface area contributed by atoms with Crippen LogP contribution < -0.4 is 5.32 Å². The number of nitrogens with zero attached hydrogens (tertiary/aromatic N) is 4. The van der Waals surface area contributed by atoms with Crippen LogP contribution in [0.1, 0.15) is 63.1 Å². The van der Waals surface area contributed by atoms with E-state index in [1.165, 1.54) is 0 Å². The summed E-state index contributed by atoms with van der Waals surface area (Å²) in [5.41, 5.74) is 0. The van der Waals surface area contributed by atoms with Gasteiger partial charge >= 0.3 is 0 Å². The van der Waals surface area contributed by atoms with Crippen LogP contribution in [0.15, 0.2) is 17.3 Å². The third kappa shape index (κ3) is 3.00. The molecule has 7 heteroatoms. The first-order chi connectivity index (χ1) is 12.2. The summed E-state index contributed by atoms with van der Waals surface area (Å²) >= 11 is 0. The average Bonchev–Trinajstić information content (AvgIpc) is 3.31. The fourth-order valence-corrected chi connectivity index (χ4v) is 4.67. The molecule has 25 heavy (non-hydrogen) atoms. The summed E-state index contributed by atoms with van der Waals surface area (Å²) in [6.07, 6.45) is 9.31. The Kier molecular flexibility index (Phi) is 4.60. The van der Waals surface area contributed by atoms with Gasteiger partial charge in [-0.25, -0.2) is 0 Å². The van der Waals surface area contributed by atoms with Crippen LogP contribution in [0.5, 0.6) is 0 Å². The SMILES string of the molecule is CCO[C@@H](O)C[C@@H]1CC(c2nnc3n2C2C=CNC2N=C3)[C@H](CC)C1. The van der Waals surface area contributed by atoms with Gasteiger partial charge in [0.15, 0.2) is 12.1 Å². The van der Waals surface area contributed by atoms with E-state index < -0.39 is 6.29 Å². The monoisotopic (exact) mass is 345 g/mol. The highest BCUT2D eigenvalue weighted by Gasteiger charge is 2.40. The molecule has 1 fully saturated rings. The third-order valence-corrected chi connectivity index (χ3v) is 5.82. The Morgan fingerprint density at radius 2 is 2.24 bits per heavy atom. The molecular weight excluding hydrogens is 318 g/mol. The lowest BCUT2D eigenvalue weighted by Crippen LogP contribution is -2.33. The van der Waals surface area contributed by atoms with Crippen molar-refractivity contribution in [2.75, 3.05) is 6.61 Å². The van der Waals surface area contributed by atoms with Crippen LogP contribution >= 0.6 is 0 Å². The van der Waals surface area contributed by atoms with Crippen LogP contribution in [0.25, 0.3) is 0 Å². The zero-order chi connectivity index (χ0) is 17.4. The number of aliphatic hydroxyl groups excluding tert-OH is 1. The minimum absolute atomic E-state index is 0.0549. The number of fused-ring (bicyclic) bond motifs is 3. The predicted octanol–water partition coefficient (Wildman–Crippen LogP) is 1.96. The number of hydrogen-bond donors (Lipinski definition) is 2. The summed E-state index contributed by atoms with van der Waals surface area (Å²) in [5, 5.41) is 22.2. The third-order valence-electron chi connectivity index (χ3n) is 5.82. The Morgan fingerprint density at radius 1 is 1.36 bits per heavy atom. The highest BCUT2D eigenvalue weighted by atomic mass is 16.6. The molecule has 6 atom stereocenters. The van der Waals surface area contributed by atoms with Gasteiger partial charge in [-0.3, -0.25) is 9.56 Å². The van der Waals surface area contributed by atoms with E-state index in [9.17, 15) is 5.11 Å². The molecule has 7 nitrogen and oxygen atoms in total. The molecule has 3 aliphatic rings. The molecule has 0 aromatic carbocycles. The molecule has 0 bridgehead atoms. The van der Waals surface area contributed by atoms with Gasteiger partial charge < -0.3 is 15.2 Å². The largest absolute Gasteiger partial charge is 0.368 e. The maximum Gasteiger partial charge on any atom is 0.175 e. The molecule has 0 amide bonds. The smallest absolute Gasteiger partial charge is 0.175 e. The zero-order valence-electron chi connectivity index (χ0n) is 14.9. The molecule has 0 spiro atoms. The highest BCUT2D eigenvalue weighted by Crippen LogP contribution is 2.46. The molecule has 1 saturated carbocycles. The molecular formula is C18H27N5O2. The Bertz CT molecular complexity index is 670. The maximum atomic E-state index is 10.0. The Hall–Kier alpha value is -1.73. The van der Waals surface area contributed by atoms with Crippen molar-refractivity contribution in [3.63, 3.8) is 0 Å². The molecule has 0 radical (unpaired) electrons. The van der Waals surface area contributed by atoms with E-state index in [4.69, 9.17) is 4.74 Å². The van der Waals surface area contributed by atoms with Crippen LogP contribution in [-0.2, 0) is 4.74 Å². The summed E-state index contributed by atoms with van der Waals surface area (Å²) in [5.74, 6) is 3.34. The molecule has 136 valence electrons. The van der Waals surface area contributed by atoms with Crippen molar-refractivity contribution in [3.8, 4) is 0 Å². The summed E-state index contributed by atoms with van der Waals surface area (Å²) in [6.45, 7) is 4.71. The van der Waals surface area contributed by atoms with Gasteiger partial charge in [-0.15, -0.1) is 10.2 Å². The van der Waals surface area contributed by atoms with E-state index in [1.807, 2.05) is 19.3 Å². The molecule has 3 heterocycles. The van der Waals surface area contributed by atoms with E-state index in [1.54, 1.807) is 0 Å². The molecule has 1 aliphatic carbocycles. The van der Waals surface area contributed by atoms with Gasteiger partial charge in [0.2, 0.25) is 0 Å². The number of aliphatic imine (C=N–C) groups is 1. The summed E-state index contributed by atoms with van der Waals surface area (Å²) in [4.78, 5) is 4.52. The fraction of sp³-hybridized carbons (Fsp3) is 0.722. The normalized spacial score (nSPS) is 34.0. The number of hydrogen-bond acceptors (Lipinski definition) is 6. The quantitative estimate of drug-likeness (QED) is 0.770. The second-order valence-electron chi connectivity index (χ2n) is 7.28. The van der Waals surface area contributed by atoms with E-state index in [2.05, 4.69) is 38.1 Å². The molecule has 2 N–H and O–H groups in total. The summed E-state index contributed by atoms with van der Waals surface area (Å²) < 4.78 is 7.59. The average molecular weight is 345 g/mol. The van der Waals surface area contributed by atoms with Gasteiger partial charge in [0, 0.05) is 18.9 Å². The highest BCUT2D eigenvalue weighted by molar-refractivity contribution is 5.76. The van der Waals surface area contributed by atoms with E-state index in [0.29, 0.717) is 30.8 Å². The van der Waals surface area contributed by atoms with E-state index in [-0.39, 0.29) is 12.2 Å². The van der Waals surface area contributed by atoms with Crippen molar-refractivity contribution in [2.24, 2.45) is 16.8 Å². The lowest BCUT2D eigenvalue weighted by molar-refractivity contribution is -0.106. The Morgan fingerprint density at radius 3 is 3.04 bits per heavy atom.